The first-order chi connectivity index (χ1) is 10.3. The fourth-order valence-electron chi connectivity index (χ4n) is 2.77. The third-order valence-electron chi connectivity index (χ3n) is 3.72. The Morgan fingerprint density at radius 1 is 1.29 bits per heavy atom. The zero-order valence-electron chi connectivity index (χ0n) is 11.8. The van der Waals surface area contributed by atoms with Gasteiger partial charge >= 0.3 is 0 Å². The molecule has 0 radical (unpaired) electrons. The summed E-state index contributed by atoms with van der Waals surface area (Å²) in [5.41, 5.74) is 3.07. The van der Waals surface area contributed by atoms with Gasteiger partial charge in [-0.25, -0.2) is 4.98 Å². The molecule has 5 heteroatoms. The highest BCUT2D eigenvalue weighted by Crippen LogP contribution is 2.25. The third-order valence-corrected chi connectivity index (χ3v) is 3.72. The van der Waals surface area contributed by atoms with E-state index in [0.29, 0.717) is 6.61 Å². The molecule has 5 nitrogen and oxygen atoms in total. The van der Waals surface area contributed by atoms with Crippen LogP contribution in [0.2, 0.25) is 0 Å². The van der Waals surface area contributed by atoms with E-state index in [1.54, 1.807) is 6.20 Å². The van der Waals surface area contributed by atoms with Gasteiger partial charge in [-0.05, 0) is 25.0 Å². The molecular formula is C16H16N4O. The summed E-state index contributed by atoms with van der Waals surface area (Å²) < 4.78 is 7.65. The second kappa shape index (κ2) is 4.77. The molecule has 0 fully saturated rings. The van der Waals surface area contributed by atoms with Crippen LogP contribution < -0.4 is 10.1 Å². The SMILES string of the molecule is Cc1cc(N[C@@H]2COc3ccccc3C2)n2nccc2n1. The molecule has 1 aliphatic rings. The van der Waals surface area contributed by atoms with Crippen LogP contribution in [0.4, 0.5) is 5.82 Å². The first-order valence-electron chi connectivity index (χ1n) is 7.08. The molecule has 21 heavy (non-hydrogen) atoms. The highest BCUT2D eigenvalue weighted by Gasteiger charge is 2.20. The van der Waals surface area contributed by atoms with Crippen molar-refractivity contribution in [2.24, 2.45) is 0 Å². The maximum atomic E-state index is 5.82. The first-order valence-corrected chi connectivity index (χ1v) is 7.08. The van der Waals surface area contributed by atoms with Crippen molar-refractivity contribution in [3.05, 3.63) is 53.9 Å². The fraction of sp³-hybridized carbons (Fsp3) is 0.250. The van der Waals surface area contributed by atoms with Crippen LogP contribution in [-0.4, -0.2) is 27.2 Å². The molecule has 1 aromatic carbocycles. The normalized spacial score (nSPS) is 17.3. The van der Waals surface area contributed by atoms with E-state index in [1.807, 2.05) is 41.8 Å². The Labute approximate surface area is 122 Å². The van der Waals surface area contributed by atoms with E-state index >= 15 is 0 Å². The molecule has 1 aliphatic heterocycles. The number of benzene rings is 1. The topological polar surface area (TPSA) is 51.5 Å². The Bertz CT molecular complexity index is 796. The molecule has 0 aliphatic carbocycles. The summed E-state index contributed by atoms with van der Waals surface area (Å²) in [6.07, 6.45) is 2.71. The molecule has 0 saturated carbocycles. The van der Waals surface area contributed by atoms with Crippen molar-refractivity contribution in [3.8, 4) is 5.75 Å². The minimum atomic E-state index is 0.231. The first kappa shape index (κ1) is 12.2. The predicted molar refractivity (Wildman–Crippen MR) is 80.8 cm³/mol. The summed E-state index contributed by atoms with van der Waals surface area (Å²) in [5, 5.41) is 7.85. The van der Waals surface area contributed by atoms with Gasteiger partial charge in [-0.3, -0.25) is 0 Å². The average Bonchev–Trinajstić information content (AvgIpc) is 2.95. The zero-order chi connectivity index (χ0) is 14.2. The van der Waals surface area contributed by atoms with E-state index in [0.717, 1.165) is 29.3 Å². The van der Waals surface area contributed by atoms with Crippen LogP contribution in [0.5, 0.6) is 5.75 Å². The smallest absolute Gasteiger partial charge is 0.157 e. The number of para-hydroxylation sites is 1. The summed E-state index contributed by atoms with van der Waals surface area (Å²) in [4.78, 5) is 4.45. The summed E-state index contributed by atoms with van der Waals surface area (Å²) in [5.74, 6) is 1.95. The minimum Gasteiger partial charge on any atom is -0.491 e. The lowest BCUT2D eigenvalue weighted by atomic mass is 10.0. The van der Waals surface area contributed by atoms with Crippen LogP contribution in [-0.2, 0) is 6.42 Å². The highest BCUT2D eigenvalue weighted by molar-refractivity contribution is 5.50. The number of rotatable bonds is 2. The van der Waals surface area contributed by atoms with Crippen molar-refractivity contribution >= 4 is 11.5 Å². The lowest BCUT2D eigenvalue weighted by molar-refractivity contribution is 0.272. The van der Waals surface area contributed by atoms with Gasteiger partial charge in [0.25, 0.3) is 0 Å². The van der Waals surface area contributed by atoms with Gasteiger partial charge in [0.2, 0.25) is 0 Å². The van der Waals surface area contributed by atoms with Gasteiger partial charge in [-0.2, -0.15) is 9.61 Å². The molecule has 4 rings (SSSR count). The molecule has 0 saturated heterocycles. The summed E-state index contributed by atoms with van der Waals surface area (Å²) in [6.45, 7) is 2.64. The van der Waals surface area contributed by atoms with Crippen molar-refractivity contribution in [2.75, 3.05) is 11.9 Å². The molecule has 1 atom stereocenters. The molecule has 1 N–H and O–H groups in total. The van der Waals surface area contributed by atoms with Crippen molar-refractivity contribution in [3.63, 3.8) is 0 Å². The molecule has 3 heterocycles. The highest BCUT2D eigenvalue weighted by atomic mass is 16.5. The Hall–Kier alpha value is -2.56. The minimum absolute atomic E-state index is 0.231. The summed E-state index contributed by atoms with van der Waals surface area (Å²) in [6, 6.07) is 12.3. The number of hydrogen-bond acceptors (Lipinski definition) is 4. The van der Waals surface area contributed by atoms with Crippen LogP contribution in [0.3, 0.4) is 0 Å². The van der Waals surface area contributed by atoms with E-state index in [4.69, 9.17) is 4.74 Å². The van der Waals surface area contributed by atoms with Crippen molar-refractivity contribution < 1.29 is 4.74 Å². The summed E-state index contributed by atoms with van der Waals surface area (Å²) in [7, 11) is 0. The molecule has 0 amide bonds. The third kappa shape index (κ3) is 2.20. The van der Waals surface area contributed by atoms with E-state index in [-0.39, 0.29) is 6.04 Å². The Balaban J connectivity index is 1.63. The molecule has 0 spiro atoms. The zero-order valence-corrected chi connectivity index (χ0v) is 11.8. The number of nitrogens with one attached hydrogen (secondary N) is 1. The number of nitrogens with zero attached hydrogens (tertiary/aromatic N) is 3. The van der Waals surface area contributed by atoms with Crippen molar-refractivity contribution in [1.82, 2.24) is 14.6 Å². The molecule has 2 aromatic heterocycles. The number of hydrogen-bond donors (Lipinski definition) is 1. The van der Waals surface area contributed by atoms with Crippen molar-refractivity contribution in [2.45, 2.75) is 19.4 Å². The second-order valence-electron chi connectivity index (χ2n) is 5.35. The largest absolute Gasteiger partial charge is 0.491 e. The van der Waals surface area contributed by atoms with E-state index in [2.05, 4.69) is 21.5 Å². The number of aryl methyl sites for hydroxylation is 1. The Morgan fingerprint density at radius 2 is 2.19 bits per heavy atom. The van der Waals surface area contributed by atoms with Crippen LogP contribution in [0, 0.1) is 6.92 Å². The second-order valence-corrected chi connectivity index (χ2v) is 5.35. The summed E-state index contributed by atoms with van der Waals surface area (Å²) >= 11 is 0. The van der Waals surface area contributed by atoms with E-state index in [1.165, 1.54) is 5.56 Å². The number of aromatic nitrogens is 3. The fourth-order valence-corrected chi connectivity index (χ4v) is 2.77. The van der Waals surface area contributed by atoms with E-state index < -0.39 is 0 Å². The van der Waals surface area contributed by atoms with Gasteiger partial charge in [-0.15, -0.1) is 0 Å². The Morgan fingerprint density at radius 3 is 3.14 bits per heavy atom. The number of ether oxygens (including phenoxy) is 1. The van der Waals surface area contributed by atoms with Gasteiger partial charge in [0.1, 0.15) is 18.2 Å². The number of anilines is 1. The van der Waals surface area contributed by atoms with E-state index in [9.17, 15) is 0 Å². The maximum Gasteiger partial charge on any atom is 0.157 e. The molecule has 3 aromatic rings. The predicted octanol–water partition coefficient (Wildman–Crippen LogP) is 2.45. The van der Waals surface area contributed by atoms with Gasteiger partial charge in [0.05, 0.1) is 12.2 Å². The van der Waals surface area contributed by atoms with Gasteiger partial charge in [0.15, 0.2) is 5.65 Å². The van der Waals surface area contributed by atoms with Gasteiger partial charge < -0.3 is 10.1 Å². The monoisotopic (exact) mass is 280 g/mol. The number of fused-ring (bicyclic) bond motifs is 2. The van der Waals surface area contributed by atoms with Gasteiger partial charge in [0, 0.05) is 17.8 Å². The standard InChI is InChI=1S/C16H16N4O/c1-11-8-16(20-15(18-11)6-7-17-20)19-13-9-12-4-2-3-5-14(12)21-10-13/h2-8,13,19H,9-10H2,1H3/t13-/m0/s1. The molecule has 0 bridgehead atoms. The maximum absolute atomic E-state index is 5.82. The molecule has 106 valence electrons. The van der Waals surface area contributed by atoms with Crippen molar-refractivity contribution in [1.29, 1.82) is 0 Å². The van der Waals surface area contributed by atoms with Crippen LogP contribution in [0.25, 0.3) is 5.65 Å². The lowest BCUT2D eigenvalue weighted by Crippen LogP contribution is -2.33. The quantitative estimate of drug-likeness (QED) is 0.783. The molecular weight excluding hydrogens is 264 g/mol. The van der Waals surface area contributed by atoms with Crippen LogP contribution >= 0.6 is 0 Å². The molecule has 0 unspecified atom stereocenters. The van der Waals surface area contributed by atoms with Crippen LogP contribution in [0.15, 0.2) is 42.6 Å². The lowest BCUT2D eigenvalue weighted by Gasteiger charge is -2.26. The van der Waals surface area contributed by atoms with Crippen LogP contribution in [0.1, 0.15) is 11.3 Å². The van der Waals surface area contributed by atoms with Gasteiger partial charge in [-0.1, -0.05) is 18.2 Å². The Kier molecular flexibility index (Phi) is 2.77. The average molecular weight is 280 g/mol.